The Balaban J connectivity index is 1.65. The molecule has 0 saturated heterocycles. The highest BCUT2D eigenvalue weighted by Crippen LogP contribution is 2.22. The van der Waals surface area contributed by atoms with Crippen molar-refractivity contribution in [2.24, 2.45) is 0 Å². The maximum absolute atomic E-state index is 12.8. The van der Waals surface area contributed by atoms with Crippen LogP contribution in [0.25, 0.3) is 5.65 Å². The van der Waals surface area contributed by atoms with Crippen molar-refractivity contribution < 1.29 is 4.79 Å². The first-order chi connectivity index (χ1) is 11.5. The molecule has 3 heterocycles. The van der Waals surface area contributed by atoms with Crippen LogP contribution in [0, 0.1) is 20.8 Å². The Morgan fingerprint density at radius 1 is 1.12 bits per heavy atom. The SMILES string of the molecule is Cc1cc2ncc3c(n2n1)CCN(C(=O)c1ccc(C)c(C)c1)C3. The molecule has 0 bridgehead atoms. The third-order valence-corrected chi connectivity index (χ3v) is 4.81. The molecule has 2 aromatic heterocycles. The molecule has 1 aliphatic heterocycles. The van der Waals surface area contributed by atoms with E-state index in [0.717, 1.165) is 40.1 Å². The third-order valence-electron chi connectivity index (χ3n) is 4.81. The number of fused-ring (bicyclic) bond motifs is 3. The average Bonchev–Trinajstić information content (AvgIpc) is 2.97. The van der Waals surface area contributed by atoms with Gasteiger partial charge in [-0.15, -0.1) is 0 Å². The number of aryl methyl sites for hydroxylation is 3. The first-order valence-corrected chi connectivity index (χ1v) is 8.22. The summed E-state index contributed by atoms with van der Waals surface area (Å²) >= 11 is 0. The summed E-state index contributed by atoms with van der Waals surface area (Å²) < 4.78 is 1.92. The molecule has 0 aliphatic carbocycles. The van der Waals surface area contributed by atoms with Gasteiger partial charge in [-0.3, -0.25) is 4.79 Å². The van der Waals surface area contributed by atoms with E-state index in [0.29, 0.717) is 13.1 Å². The fraction of sp³-hybridized carbons (Fsp3) is 0.316. The summed E-state index contributed by atoms with van der Waals surface area (Å²) in [6.07, 6.45) is 2.68. The minimum Gasteiger partial charge on any atom is -0.334 e. The lowest BCUT2D eigenvalue weighted by Crippen LogP contribution is -2.37. The number of amides is 1. The van der Waals surface area contributed by atoms with Crippen LogP contribution in [0.1, 0.15) is 38.4 Å². The van der Waals surface area contributed by atoms with E-state index in [1.165, 1.54) is 5.56 Å². The Bertz CT molecular complexity index is 957. The summed E-state index contributed by atoms with van der Waals surface area (Å²) in [5.41, 5.74) is 7.19. The fourth-order valence-corrected chi connectivity index (χ4v) is 3.29. The van der Waals surface area contributed by atoms with Crippen molar-refractivity contribution in [1.29, 1.82) is 0 Å². The van der Waals surface area contributed by atoms with Gasteiger partial charge in [0, 0.05) is 42.9 Å². The largest absolute Gasteiger partial charge is 0.334 e. The third kappa shape index (κ3) is 2.37. The highest BCUT2D eigenvalue weighted by molar-refractivity contribution is 5.94. The summed E-state index contributed by atoms with van der Waals surface area (Å²) in [7, 11) is 0. The van der Waals surface area contributed by atoms with Gasteiger partial charge in [-0.25, -0.2) is 9.50 Å². The number of hydrogen-bond donors (Lipinski definition) is 0. The van der Waals surface area contributed by atoms with Gasteiger partial charge in [0.05, 0.1) is 11.4 Å². The van der Waals surface area contributed by atoms with Crippen LogP contribution in [0.4, 0.5) is 0 Å². The lowest BCUT2D eigenvalue weighted by Gasteiger charge is -2.29. The van der Waals surface area contributed by atoms with Crippen molar-refractivity contribution in [3.8, 4) is 0 Å². The molecule has 1 amide bonds. The first-order valence-electron chi connectivity index (χ1n) is 8.22. The molecule has 0 fully saturated rings. The molecule has 0 spiro atoms. The van der Waals surface area contributed by atoms with Crippen molar-refractivity contribution in [3.63, 3.8) is 0 Å². The van der Waals surface area contributed by atoms with Gasteiger partial charge in [-0.05, 0) is 44.0 Å². The van der Waals surface area contributed by atoms with E-state index >= 15 is 0 Å². The predicted octanol–water partition coefficient (Wildman–Crippen LogP) is 2.85. The molecule has 0 N–H and O–H groups in total. The maximum Gasteiger partial charge on any atom is 0.254 e. The highest BCUT2D eigenvalue weighted by Gasteiger charge is 2.24. The molecular weight excluding hydrogens is 300 g/mol. The smallest absolute Gasteiger partial charge is 0.254 e. The molecule has 5 heteroatoms. The summed E-state index contributed by atoms with van der Waals surface area (Å²) in [5.74, 6) is 0.0838. The van der Waals surface area contributed by atoms with Crippen molar-refractivity contribution in [2.75, 3.05) is 6.54 Å². The van der Waals surface area contributed by atoms with E-state index in [2.05, 4.69) is 17.0 Å². The van der Waals surface area contributed by atoms with Gasteiger partial charge in [-0.2, -0.15) is 5.10 Å². The Kier molecular flexibility index (Phi) is 3.37. The van der Waals surface area contributed by atoms with E-state index in [1.54, 1.807) is 0 Å². The standard InChI is InChI=1S/C19H20N4O/c1-12-4-5-15(8-13(12)2)19(24)22-7-6-17-16(11-22)10-20-18-9-14(3)21-23(17)18/h4-5,8-10H,6-7,11H2,1-3H3. The Labute approximate surface area is 140 Å². The van der Waals surface area contributed by atoms with Crippen LogP contribution in [0.2, 0.25) is 0 Å². The van der Waals surface area contributed by atoms with Gasteiger partial charge in [-0.1, -0.05) is 6.07 Å². The minimum atomic E-state index is 0.0838. The van der Waals surface area contributed by atoms with E-state index in [4.69, 9.17) is 0 Å². The molecule has 4 rings (SSSR count). The summed E-state index contributed by atoms with van der Waals surface area (Å²) in [4.78, 5) is 19.2. The number of nitrogens with zero attached hydrogens (tertiary/aromatic N) is 4. The predicted molar refractivity (Wildman–Crippen MR) is 92.1 cm³/mol. The molecule has 0 saturated carbocycles. The van der Waals surface area contributed by atoms with Gasteiger partial charge >= 0.3 is 0 Å². The number of aromatic nitrogens is 3. The van der Waals surface area contributed by atoms with Gasteiger partial charge in [0.1, 0.15) is 0 Å². The van der Waals surface area contributed by atoms with Crippen LogP contribution in [0.15, 0.2) is 30.5 Å². The molecule has 1 aliphatic rings. The number of carbonyl (C=O) groups excluding carboxylic acids is 1. The molecule has 0 radical (unpaired) electrons. The Hall–Kier alpha value is -2.69. The second kappa shape index (κ2) is 5.44. The van der Waals surface area contributed by atoms with Crippen LogP contribution < -0.4 is 0 Å². The number of benzene rings is 1. The van der Waals surface area contributed by atoms with E-state index < -0.39 is 0 Å². The monoisotopic (exact) mass is 320 g/mol. The zero-order chi connectivity index (χ0) is 16.8. The number of rotatable bonds is 1. The zero-order valence-corrected chi connectivity index (χ0v) is 14.2. The molecule has 5 nitrogen and oxygen atoms in total. The number of carbonyl (C=O) groups is 1. The van der Waals surface area contributed by atoms with Crippen LogP contribution in [-0.2, 0) is 13.0 Å². The minimum absolute atomic E-state index is 0.0838. The first kappa shape index (κ1) is 14.9. The van der Waals surface area contributed by atoms with Crippen molar-refractivity contribution >= 4 is 11.6 Å². The zero-order valence-electron chi connectivity index (χ0n) is 14.2. The molecule has 0 atom stereocenters. The molecule has 0 unspecified atom stereocenters. The highest BCUT2D eigenvalue weighted by atomic mass is 16.2. The molecular formula is C19H20N4O. The van der Waals surface area contributed by atoms with E-state index in [-0.39, 0.29) is 5.91 Å². The summed E-state index contributed by atoms with van der Waals surface area (Å²) in [6, 6.07) is 7.88. The van der Waals surface area contributed by atoms with Crippen LogP contribution in [-0.4, -0.2) is 31.9 Å². The maximum atomic E-state index is 12.8. The van der Waals surface area contributed by atoms with Crippen molar-refractivity contribution in [1.82, 2.24) is 19.5 Å². The van der Waals surface area contributed by atoms with Gasteiger partial charge in [0.25, 0.3) is 5.91 Å². The molecule has 3 aromatic rings. The van der Waals surface area contributed by atoms with Crippen LogP contribution >= 0.6 is 0 Å². The van der Waals surface area contributed by atoms with E-state index in [9.17, 15) is 4.79 Å². The molecule has 24 heavy (non-hydrogen) atoms. The second-order valence-electron chi connectivity index (χ2n) is 6.56. The number of hydrogen-bond acceptors (Lipinski definition) is 3. The topological polar surface area (TPSA) is 50.5 Å². The fourth-order valence-electron chi connectivity index (χ4n) is 3.29. The quantitative estimate of drug-likeness (QED) is 0.693. The average molecular weight is 320 g/mol. The summed E-state index contributed by atoms with van der Waals surface area (Å²) in [5, 5.41) is 4.53. The van der Waals surface area contributed by atoms with Gasteiger partial charge in [0.2, 0.25) is 0 Å². The lowest BCUT2D eigenvalue weighted by atomic mass is 10.0. The van der Waals surface area contributed by atoms with Crippen LogP contribution in [0.5, 0.6) is 0 Å². The van der Waals surface area contributed by atoms with Gasteiger partial charge in [0.15, 0.2) is 5.65 Å². The second-order valence-corrected chi connectivity index (χ2v) is 6.56. The Morgan fingerprint density at radius 3 is 2.75 bits per heavy atom. The lowest BCUT2D eigenvalue weighted by molar-refractivity contribution is 0.0732. The summed E-state index contributed by atoms with van der Waals surface area (Å²) in [6.45, 7) is 7.36. The van der Waals surface area contributed by atoms with Gasteiger partial charge < -0.3 is 4.90 Å². The molecule has 122 valence electrons. The van der Waals surface area contributed by atoms with Crippen molar-refractivity contribution in [2.45, 2.75) is 33.7 Å². The van der Waals surface area contributed by atoms with Crippen molar-refractivity contribution in [3.05, 3.63) is 64.1 Å². The van der Waals surface area contributed by atoms with E-state index in [1.807, 2.05) is 53.7 Å². The van der Waals surface area contributed by atoms with Crippen LogP contribution in [0.3, 0.4) is 0 Å². The normalized spacial score (nSPS) is 14.0. The Morgan fingerprint density at radius 2 is 1.96 bits per heavy atom. The molecule has 1 aromatic carbocycles.